The van der Waals surface area contributed by atoms with Gasteiger partial charge in [0.15, 0.2) is 0 Å². The van der Waals surface area contributed by atoms with Crippen LogP contribution in [0, 0.1) is 0 Å². The summed E-state index contributed by atoms with van der Waals surface area (Å²) in [5.41, 5.74) is 4.20. The third-order valence-electron chi connectivity index (χ3n) is 3.94. The molecule has 1 heterocycles. The van der Waals surface area contributed by atoms with E-state index in [9.17, 15) is 0 Å². The van der Waals surface area contributed by atoms with E-state index < -0.39 is 0 Å². The molecule has 1 atom stereocenters. The standard InChI is InChI=1S/C16H26N2O/c1-5-17-10-14-8-13-7-12(3)18(4)11-15(13)9-16(14)19-6-2/h8-9,12,17H,5-7,10-11H2,1-4H3. The van der Waals surface area contributed by atoms with Crippen LogP contribution in [0.25, 0.3) is 0 Å². The van der Waals surface area contributed by atoms with E-state index in [4.69, 9.17) is 4.74 Å². The van der Waals surface area contributed by atoms with Gasteiger partial charge in [0.1, 0.15) is 5.75 Å². The molecule has 0 spiro atoms. The minimum atomic E-state index is 0.623. The highest BCUT2D eigenvalue weighted by molar-refractivity contribution is 5.44. The van der Waals surface area contributed by atoms with E-state index in [0.717, 1.165) is 38.4 Å². The molecule has 1 aliphatic heterocycles. The zero-order valence-electron chi connectivity index (χ0n) is 12.6. The van der Waals surface area contributed by atoms with Gasteiger partial charge in [-0.2, -0.15) is 0 Å². The van der Waals surface area contributed by atoms with Crippen LogP contribution in [-0.2, 0) is 19.5 Å². The Morgan fingerprint density at radius 3 is 2.79 bits per heavy atom. The molecule has 0 aliphatic carbocycles. The number of nitrogens with one attached hydrogen (secondary N) is 1. The Balaban J connectivity index is 2.30. The maximum Gasteiger partial charge on any atom is 0.124 e. The van der Waals surface area contributed by atoms with E-state index in [1.807, 2.05) is 6.92 Å². The molecule has 0 amide bonds. The van der Waals surface area contributed by atoms with Crippen molar-refractivity contribution in [2.45, 2.75) is 46.3 Å². The number of hydrogen-bond acceptors (Lipinski definition) is 3. The highest BCUT2D eigenvalue weighted by atomic mass is 16.5. The SMILES string of the molecule is CCNCc1cc2c(cc1OCC)CN(C)C(C)C2. The lowest BCUT2D eigenvalue weighted by atomic mass is 9.93. The molecule has 0 saturated carbocycles. The number of nitrogens with zero attached hydrogens (tertiary/aromatic N) is 1. The smallest absolute Gasteiger partial charge is 0.124 e. The Labute approximate surface area is 116 Å². The average Bonchev–Trinajstić information content (AvgIpc) is 2.39. The van der Waals surface area contributed by atoms with Gasteiger partial charge in [-0.05, 0) is 51.1 Å². The van der Waals surface area contributed by atoms with Gasteiger partial charge in [-0.25, -0.2) is 0 Å². The van der Waals surface area contributed by atoms with Gasteiger partial charge in [0.25, 0.3) is 0 Å². The predicted octanol–water partition coefficient (Wildman–Crippen LogP) is 2.57. The van der Waals surface area contributed by atoms with Gasteiger partial charge in [-0.15, -0.1) is 0 Å². The first-order chi connectivity index (χ1) is 9.15. The predicted molar refractivity (Wildman–Crippen MR) is 79.6 cm³/mol. The Morgan fingerprint density at radius 1 is 1.32 bits per heavy atom. The Hall–Kier alpha value is -1.06. The molecule has 1 unspecified atom stereocenters. The van der Waals surface area contributed by atoms with Crippen molar-refractivity contribution in [3.63, 3.8) is 0 Å². The van der Waals surface area contributed by atoms with E-state index in [1.54, 1.807) is 0 Å². The molecule has 106 valence electrons. The average molecular weight is 262 g/mol. The highest BCUT2D eigenvalue weighted by Crippen LogP contribution is 2.29. The fraction of sp³-hybridized carbons (Fsp3) is 0.625. The molecule has 3 heteroatoms. The summed E-state index contributed by atoms with van der Waals surface area (Å²) >= 11 is 0. The molecule has 1 aliphatic rings. The molecular formula is C16H26N2O. The van der Waals surface area contributed by atoms with Crippen LogP contribution < -0.4 is 10.1 Å². The first kappa shape index (κ1) is 14.4. The normalized spacial score (nSPS) is 19.3. The Morgan fingerprint density at radius 2 is 2.11 bits per heavy atom. The lowest BCUT2D eigenvalue weighted by Gasteiger charge is -2.32. The molecular weight excluding hydrogens is 236 g/mol. The fourth-order valence-corrected chi connectivity index (χ4v) is 2.64. The third kappa shape index (κ3) is 3.28. The summed E-state index contributed by atoms with van der Waals surface area (Å²) in [7, 11) is 2.19. The second kappa shape index (κ2) is 6.40. The van der Waals surface area contributed by atoms with Gasteiger partial charge >= 0.3 is 0 Å². The van der Waals surface area contributed by atoms with Crippen LogP contribution in [0.2, 0.25) is 0 Å². The van der Waals surface area contributed by atoms with E-state index >= 15 is 0 Å². The first-order valence-corrected chi connectivity index (χ1v) is 7.34. The van der Waals surface area contributed by atoms with Crippen LogP contribution in [0.4, 0.5) is 0 Å². The van der Waals surface area contributed by atoms with Crippen molar-refractivity contribution in [3.8, 4) is 5.75 Å². The number of benzene rings is 1. The Bertz CT molecular complexity index is 431. The topological polar surface area (TPSA) is 24.5 Å². The third-order valence-corrected chi connectivity index (χ3v) is 3.94. The van der Waals surface area contributed by atoms with Gasteiger partial charge in [0, 0.05) is 24.7 Å². The minimum absolute atomic E-state index is 0.623. The summed E-state index contributed by atoms with van der Waals surface area (Å²) in [6, 6.07) is 5.21. The molecule has 2 rings (SSSR count). The summed E-state index contributed by atoms with van der Waals surface area (Å²) in [4.78, 5) is 2.40. The lowest BCUT2D eigenvalue weighted by molar-refractivity contribution is 0.230. The van der Waals surface area contributed by atoms with E-state index in [2.05, 4.69) is 43.2 Å². The number of likely N-dealkylation sites (N-methyl/N-ethyl adjacent to an activating group) is 1. The number of fused-ring (bicyclic) bond motifs is 1. The maximum atomic E-state index is 5.80. The molecule has 19 heavy (non-hydrogen) atoms. The fourth-order valence-electron chi connectivity index (χ4n) is 2.64. The van der Waals surface area contributed by atoms with Crippen LogP contribution in [0.5, 0.6) is 5.75 Å². The largest absolute Gasteiger partial charge is 0.494 e. The summed E-state index contributed by atoms with van der Waals surface area (Å²) in [5.74, 6) is 1.05. The van der Waals surface area contributed by atoms with Gasteiger partial charge in [-0.3, -0.25) is 4.90 Å². The molecule has 0 saturated heterocycles. The van der Waals surface area contributed by atoms with E-state index in [0.29, 0.717) is 6.04 Å². The zero-order chi connectivity index (χ0) is 13.8. The molecule has 3 nitrogen and oxygen atoms in total. The van der Waals surface area contributed by atoms with Crippen molar-refractivity contribution in [2.24, 2.45) is 0 Å². The van der Waals surface area contributed by atoms with E-state index in [-0.39, 0.29) is 0 Å². The molecule has 0 bridgehead atoms. The molecule has 1 N–H and O–H groups in total. The molecule has 0 radical (unpaired) electrons. The van der Waals surface area contributed by atoms with Crippen molar-refractivity contribution in [1.82, 2.24) is 10.2 Å². The minimum Gasteiger partial charge on any atom is -0.494 e. The van der Waals surface area contributed by atoms with Crippen molar-refractivity contribution in [1.29, 1.82) is 0 Å². The van der Waals surface area contributed by atoms with Crippen molar-refractivity contribution < 1.29 is 4.74 Å². The number of hydrogen-bond donors (Lipinski definition) is 1. The van der Waals surface area contributed by atoms with Gasteiger partial charge in [0.2, 0.25) is 0 Å². The highest BCUT2D eigenvalue weighted by Gasteiger charge is 2.21. The van der Waals surface area contributed by atoms with Crippen molar-refractivity contribution in [2.75, 3.05) is 20.2 Å². The maximum absolute atomic E-state index is 5.80. The molecule has 1 aromatic rings. The summed E-state index contributed by atoms with van der Waals surface area (Å²) in [6.07, 6.45) is 1.14. The van der Waals surface area contributed by atoms with Gasteiger partial charge in [-0.1, -0.05) is 13.0 Å². The second-order valence-electron chi connectivity index (χ2n) is 5.41. The Kier molecular flexibility index (Phi) is 4.83. The van der Waals surface area contributed by atoms with Crippen LogP contribution >= 0.6 is 0 Å². The molecule has 1 aromatic carbocycles. The summed E-state index contributed by atoms with van der Waals surface area (Å²) in [5, 5.41) is 3.40. The summed E-state index contributed by atoms with van der Waals surface area (Å²) < 4.78 is 5.80. The molecule has 0 aromatic heterocycles. The van der Waals surface area contributed by atoms with Crippen LogP contribution in [-0.4, -0.2) is 31.1 Å². The van der Waals surface area contributed by atoms with Crippen molar-refractivity contribution >= 4 is 0 Å². The van der Waals surface area contributed by atoms with Crippen LogP contribution in [0.3, 0.4) is 0 Å². The quantitative estimate of drug-likeness (QED) is 0.882. The summed E-state index contributed by atoms with van der Waals surface area (Å²) in [6.45, 7) is 10.1. The monoisotopic (exact) mass is 262 g/mol. The van der Waals surface area contributed by atoms with Gasteiger partial charge in [0.05, 0.1) is 6.61 Å². The van der Waals surface area contributed by atoms with Crippen LogP contribution in [0.15, 0.2) is 12.1 Å². The van der Waals surface area contributed by atoms with E-state index in [1.165, 1.54) is 16.7 Å². The number of rotatable bonds is 5. The van der Waals surface area contributed by atoms with Crippen molar-refractivity contribution in [3.05, 3.63) is 28.8 Å². The van der Waals surface area contributed by atoms with Gasteiger partial charge < -0.3 is 10.1 Å². The first-order valence-electron chi connectivity index (χ1n) is 7.34. The lowest BCUT2D eigenvalue weighted by Crippen LogP contribution is -2.35. The van der Waals surface area contributed by atoms with Crippen LogP contribution in [0.1, 0.15) is 37.5 Å². The number of ether oxygens (including phenoxy) is 1. The molecule has 0 fully saturated rings. The zero-order valence-corrected chi connectivity index (χ0v) is 12.6. The second-order valence-corrected chi connectivity index (χ2v) is 5.41.